The number of carbonyl (C=O) groups is 1. The zero-order chi connectivity index (χ0) is 13.0. The molecule has 0 aromatic carbocycles. The minimum absolute atomic E-state index is 0.0279. The van der Waals surface area contributed by atoms with Crippen LogP contribution in [0.4, 0.5) is 0 Å². The Balaban J connectivity index is 2.24. The molecule has 0 amide bonds. The molecular weight excluding hydrogens is 230 g/mol. The number of hydrogen-bond acceptors (Lipinski definition) is 4. The molecule has 1 saturated heterocycles. The van der Waals surface area contributed by atoms with Gasteiger partial charge >= 0.3 is 0 Å². The average molecular weight is 249 g/mol. The summed E-state index contributed by atoms with van der Waals surface area (Å²) in [4.78, 5) is 16.8. The standard InChI is InChI=1S/C14H19NO3/c1-3-18-14(6-8-17-9-7-14)13(16)12-5-4-11(2)15-10-12/h4-5,10H,3,6-9H2,1-2H3. The first kappa shape index (κ1) is 13.2. The van der Waals surface area contributed by atoms with Gasteiger partial charge in [0.2, 0.25) is 0 Å². The van der Waals surface area contributed by atoms with Crippen molar-refractivity contribution in [2.24, 2.45) is 0 Å². The lowest BCUT2D eigenvalue weighted by Gasteiger charge is -2.35. The maximum Gasteiger partial charge on any atom is 0.196 e. The van der Waals surface area contributed by atoms with Crippen LogP contribution in [0.25, 0.3) is 0 Å². The van der Waals surface area contributed by atoms with Gasteiger partial charge in [0, 0.05) is 50.1 Å². The van der Waals surface area contributed by atoms with Crippen molar-refractivity contribution in [3.8, 4) is 0 Å². The van der Waals surface area contributed by atoms with Crippen LogP contribution in [0.1, 0.15) is 35.8 Å². The molecule has 18 heavy (non-hydrogen) atoms. The van der Waals surface area contributed by atoms with E-state index in [0.717, 1.165) is 5.69 Å². The van der Waals surface area contributed by atoms with Crippen molar-refractivity contribution in [1.29, 1.82) is 0 Å². The molecule has 0 saturated carbocycles. The van der Waals surface area contributed by atoms with Gasteiger partial charge < -0.3 is 9.47 Å². The summed E-state index contributed by atoms with van der Waals surface area (Å²) in [5.74, 6) is 0.0279. The van der Waals surface area contributed by atoms with E-state index in [4.69, 9.17) is 9.47 Å². The predicted octanol–water partition coefficient (Wildman–Crippen LogP) is 2.16. The van der Waals surface area contributed by atoms with Crippen molar-refractivity contribution in [1.82, 2.24) is 4.98 Å². The average Bonchev–Trinajstić information content (AvgIpc) is 2.40. The molecule has 2 rings (SSSR count). The van der Waals surface area contributed by atoms with E-state index in [1.54, 1.807) is 6.20 Å². The quantitative estimate of drug-likeness (QED) is 0.767. The van der Waals surface area contributed by atoms with Crippen molar-refractivity contribution < 1.29 is 14.3 Å². The lowest BCUT2D eigenvalue weighted by Crippen LogP contribution is -2.46. The van der Waals surface area contributed by atoms with Gasteiger partial charge in [-0.25, -0.2) is 0 Å². The van der Waals surface area contributed by atoms with Crippen LogP contribution in [0.5, 0.6) is 0 Å². The van der Waals surface area contributed by atoms with Crippen LogP contribution >= 0.6 is 0 Å². The second-order valence-electron chi connectivity index (χ2n) is 4.56. The zero-order valence-electron chi connectivity index (χ0n) is 10.9. The van der Waals surface area contributed by atoms with Crippen LogP contribution in [-0.4, -0.2) is 36.2 Å². The monoisotopic (exact) mass is 249 g/mol. The summed E-state index contributed by atoms with van der Waals surface area (Å²) in [5.41, 5.74) is 0.809. The highest BCUT2D eigenvalue weighted by Crippen LogP contribution is 2.29. The molecule has 2 heterocycles. The van der Waals surface area contributed by atoms with E-state index in [1.807, 2.05) is 26.0 Å². The molecule has 0 atom stereocenters. The third-order valence-electron chi connectivity index (χ3n) is 3.31. The summed E-state index contributed by atoms with van der Waals surface area (Å²) in [5, 5.41) is 0. The van der Waals surface area contributed by atoms with Gasteiger partial charge in [0.1, 0.15) is 5.60 Å². The molecular formula is C14H19NO3. The van der Waals surface area contributed by atoms with Crippen molar-refractivity contribution in [3.05, 3.63) is 29.6 Å². The first-order chi connectivity index (χ1) is 8.68. The molecule has 0 unspecified atom stereocenters. The number of ketones is 1. The van der Waals surface area contributed by atoms with Gasteiger partial charge in [-0.05, 0) is 26.0 Å². The Morgan fingerprint density at radius 1 is 1.44 bits per heavy atom. The Morgan fingerprint density at radius 3 is 2.72 bits per heavy atom. The molecule has 0 radical (unpaired) electrons. The molecule has 4 nitrogen and oxygen atoms in total. The molecule has 98 valence electrons. The van der Waals surface area contributed by atoms with Gasteiger partial charge in [0.15, 0.2) is 5.78 Å². The molecule has 0 N–H and O–H groups in total. The Morgan fingerprint density at radius 2 is 2.17 bits per heavy atom. The van der Waals surface area contributed by atoms with Gasteiger partial charge in [-0.2, -0.15) is 0 Å². The van der Waals surface area contributed by atoms with E-state index >= 15 is 0 Å². The summed E-state index contributed by atoms with van der Waals surface area (Å²) < 4.78 is 11.1. The molecule has 1 aromatic heterocycles. The van der Waals surface area contributed by atoms with Crippen molar-refractivity contribution in [2.75, 3.05) is 19.8 Å². The molecule has 1 aliphatic heterocycles. The molecule has 1 aromatic rings. The number of ether oxygens (including phenoxy) is 2. The zero-order valence-corrected chi connectivity index (χ0v) is 10.9. The molecule has 1 fully saturated rings. The SMILES string of the molecule is CCOC1(C(=O)c2ccc(C)nc2)CCOCC1. The second-order valence-corrected chi connectivity index (χ2v) is 4.56. The largest absolute Gasteiger partial charge is 0.381 e. The number of aromatic nitrogens is 1. The summed E-state index contributed by atoms with van der Waals surface area (Å²) in [6.07, 6.45) is 2.87. The van der Waals surface area contributed by atoms with Crippen LogP contribution < -0.4 is 0 Å². The first-order valence-corrected chi connectivity index (χ1v) is 6.37. The molecule has 0 aliphatic carbocycles. The number of carbonyl (C=O) groups excluding carboxylic acids is 1. The summed E-state index contributed by atoms with van der Waals surface area (Å²) in [6.45, 7) is 5.50. The lowest BCUT2D eigenvalue weighted by molar-refractivity contribution is -0.0822. The summed E-state index contributed by atoms with van der Waals surface area (Å²) in [6, 6.07) is 3.67. The highest BCUT2D eigenvalue weighted by molar-refractivity contribution is 6.02. The van der Waals surface area contributed by atoms with E-state index in [9.17, 15) is 4.79 Å². The minimum Gasteiger partial charge on any atom is -0.381 e. The highest BCUT2D eigenvalue weighted by Gasteiger charge is 2.41. The van der Waals surface area contributed by atoms with Crippen LogP contribution in [0.15, 0.2) is 18.3 Å². The Kier molecular flexibility index (Phi) is 4.09. The number of Topliss-reactive ketones (excluding diaryl/α,β-unsaturated/α-hetero) is 1. The van der Waals surface area contributed by atoms with Gasteiger partial charge in [0.05, 0.1) is 0 Å². The van der Waals surface area contributed by atoms with Crippen LogP contribution in [0, 0.1) is 6.92 Å². The Hall–Kier alpha value is -1.26. The predicted molar refractivity (Wildman–Crippen MR) is 67.7 cm³/mol. The van der Waals surface area contributed by atoms with E-state index in [1.165, 1.54) is 0 Å². The maximum absolute atomic E-state index is 12.6. The van der Waals surface area contributed by atoms with E-state index < -0.39 is 5.60 Å². The van der Waals surface area contributed by atoms with E-state index in [2.05, 4.69) is 4.98 Å². The second kappa shape index (κ2) is 5.59. The number of nitrogens with zero attached hydrogens (tertiary/aromatic N) is 1. The third-order valence-corrected chi connectivity index (χ3v) is 3.31. The molecule has 4 heteroatoms. The van der Waals surface area contributed by atoms with E-state index in [-0.39, 0.29) is 5.78 Å². The van der Waals surface area contributed by atoms with Gasteiger partial charge in [-0.15, -0.1) is 0 Å². The number of aryl methyl sites for hydroxylation is 1. The number of hydrogen-bond donors (Lipinski definition) is 0. The maximum atomic E-state index is 12.6. The van der Waals surface area contributed by atoms with Crippen molar-refractivity contribution in [2.45, 2.75) is 32.3 Å². The topological polar surface area (TPSA) is 48.4 Å². The molecule has 0 spiro atoms. The summed E-state index contributed by atoms with van der Waals surface area (Å²) >= 11 is 0. The fraction of sp³-hybridized carbons (Fsp3) is 0.571. The number of rotatable bonds is 4. The van der Waals surface area contributed by atoms with Crippen LogP contribution in [0.3, 0.4) is 0 Å². The fourth-order valence-electron chi connectivity index (χ4n) is 2.28. The number of pyridine rings is 1. The third kappa shape index (κ3) is 2.60. The van der Waals surface area contributed by atoms with E-state index in [0.29, 0.717) is 38.2 Å². The van der Waals surface area contributed by atoms with Crippen molar-refractivity contribution in [3.63, 3.8) is 0 Å². The first-order valence-electron chi connectivity index (χ1n) is 6.37. The van der Waals surface area contributed by atoms with Crippen LogP contribution in [-0.2, 0) is 9.47 Å². The lowest BCUT2D eigenvalue weighted by atomic mass is 9.86. The minimum atomic E-state index is -0.718. The summed E-state index contributed by atoms with van der Waals surface area (Å²) in [7, 11) is 0. The highest BCUT2D eigenvalue weighted by atomic mass is 16.5. The van der Waals surface area contributed by atoms with Crippen molar-refractivity contribution >= 4 is 5.78 Å². The Labute approximate surface area is 107 Å². The normalized spacial score (nSPS) is 18.6. The Bertz CT molecular complexity index is 402. The smallest absolute Gasteiger partial charge is 0.196 e. The molecule has 0 bridgehead atoms. The van der Waals surface area contributed by atoms with Gasteiger partial charge in [-0.1, -0.05) is 0 Å². The fourth-order valence-corrected chi connectivity index (χ4v) is 2.28. The van der Waals surface area contributed by atoms with Crippen LogP contribution in [0.2, 0.25) is 0 Å². The molecule has 1 aliphatic rings. The van der Waals surface area contributed by atoms with Gasteiger partial charge in [0.25, 0.3) is 0 Å². The van der Waals surface area contributed by atoms with Gasteiger partial charge in [-0.3, -0.25) is 9.78 Å².